The fourth-order valence-corrected chi connectivity index (χ4v) is 1.48. The van der Waals surface area contributed by atoms with Crippen LogP contribution >= 0.6 is 0 Å². The second-order valence-corrected chi connectivity index (χ2v) is 3.70. The third kappa shape index (κ3) is 4.26. The van der Waals surface area contributed by atoms with Gasteiger partial charge in [-0.3, -0.25) is 4.79 Å². The first-order valence-electron chi connectivity index (χ1n) is 5.47. The van der Waals surface area contributed by atoms with Crippen LogP contribution in [0.2, 0.25) is 0 Å². The predicted molar refractivity (Wildman–Crippen MR) is 61.5 cm³/mol. The fraction of sp³-hybridized carbons (Fsp3) is 0.462. The van der Waals surface area contributed by atoms with Gasteiger partial charge in [-0.05, 0) is 37.3 Å². The molecule has 0 saturated carbocycles. The number of hydrogen-bond donors (Lipinski definition) is 1. The van der Waals surface area contributed by atoms with Crippen LogP contribution in [-0.2, 0) is 4.79 Å². The third-order valence-electron chi connectivity index (χ3n) is 2.37. The van der Waals surface area contributed by atoms with Crippen molar-refractivity contribution < 1.29 is 9.90 Å². The van der Waals surface area contributed by atoms with Gasteiger partial charge in [0.1, 0.15) is 0 Å². The van der Waals surface area contributed by atoms with Crippen LogP contribution < -0.4 is 0 Å². The summed E-state index contributed by atoms with van der Waals surface area (Å²) in [7, 11) is 0. The standard InChI is InChI=1S/C13H18O2/c1-2-3-4-7-12(14)10-9-11-6-5-8-13(11)15/h3-5,8-9,12,14H,2,6-7,10H2,1H3/b4-3-,11-9+. The molecule has 1 N–H and O–H groups in total. The molecule has 15 heavy (non-hydrogen) atoms. The van der Waals surface area contributed by atoms with Gasteiger partial charge in [-0.25, -0.2) is 0 Å². The van der Waals surface area contributed by atoms with Crippen LogP contribution in [0.4, 0.5) is 0 Å². The molecule has 82 valence electrons. The van der Waals surface area contributed by atoms with Crippen LogP contribution in [0.5, 0.6) is 0 Å². The highest BCUT2D eigenvalue weighted by Gasteiger charge is 2.10. The Labute approximate surface area is 91.0 Å². The second kappa shape index (κ2) is 6.36. The number of rotatable bonds is 5. The Morgan fingerprint density at radius 1 is 1.47 bits per heavy atom. The summed E-state index contributed by atoms with van der Waals surface area (Å²) in [6.07, 6.45) is 11.9. The Kier molecular flexibility index (Phi) is 5.05. The Balaban J connectivity index is 2.30. The van der Waals surface area contributed by atoms with Crippen LogP contribution in [0.25, 0.3) is 0 Å². The van der Waals surface area contributed by atoms with E-state index in [2.05, 4.69) is 6.92 Å². The van der Waals surface area contributed by atoms with E-state index < -0.39 is 0 Å². The van der Waals surface area contributed by atoms with E-state index in [1.807, 2.05) is 24.3 Å². The van der Waals surface area contributed by atoms with Crippen molar-refractivity contribution >= 4 is 5.78 Å². The van der Waals surface area contributed by atoms with Gasteiger partial charge in [-0.2, -0.15) is 0 Å². The molecule has 0 aliphatic heterocycles. The van der Waals surface area contributed by atoms with Crippen molar-refractivity contribution in [1.82, 2.24) is 0 Å². The zero-order valence-electron chi connectivity index (χ0n) is 9.15. The van der Waals surface area contributed by atoms with Crippen LogP contribution in [0.15, 0.2) is 36.0 Å². The molecular formula is C13H18O2. The lowest BCUT2D eigenvalue weighted by molar-refractivity contribution is -0.111. The summed E-state index contributed by atoms with van der Waals surface area (Å²) >= 11 is 0. The molecule has 0 aromatic rings. The molecule has 0 fully saturated rings. The summed E-state index contributed by atoms with van der Waals surface area (Å²) in [5.74, 6) is 0.0892. The molecule has 0 amide bonds. The Hall–Kier alpha value is -1.15. The molecule has 0 spiro atoms. The third-order valence-corrected chi connectivity index (χ3v) is 2.37. The maximum Gasteiger partial charge on any atom is 0.181 e. The number of hydrogen-bond acceptors (Lipinski definition) is 2. The summed E-state index contributed by atoms with van der Waals surface area (Å²) in [6.45, 7) is 2.06. The summed E-state index contributed by atoms with van der Waals surface area (Å²) < 4.78 is 0. The van der Waals surface area contributed by atoms with E-state index in [1.54, 1.807) is 6.08 Å². The summed E-state index contributed by atoms with van der Waals surface area (Å²) in [5, 5.41) is 9.59. The molecular weight excluding hydrogens is 188 g/mol. The summed E-state index contributed by atoms with van der Waals surface area (Å²) in [6, 6.07) is 0. The van der Waals surface area contributed by atoms with E-state index in [-0.39, 0.29) is 11.9 Å². The zero-order valence-corrected chi connectivity index (χ0v) is 9.15. The van der Waals surface area contributed by atoms with E-state index in [1.165, 1.54) is 0 Å². The molecule has 0 heterocycles. The highest BCUT2D eigenvalue weighted by atomic mass is 16.3. The lowest BCUT2D eigenvalue weighted by atomic mass is 10.1. The molecule has 1 aliphatic rings. The van der Waals surface area contributed by atoms with Crippen molar-refractivity contribution in [2.24, 2.45) is 0 Å². The minimum absolute atomic E-state index is 0.0892. The van der Waals surface area contributed by atoms with Gasteiger partial charge in [0.05, 0.1) is 6.10 Å². The minimum atomic E-state index is -0.367. The second-order valence-electron chi connectivity index (χ2n) is 3.70. The number of carbonyl (C=O) groups excluding carboxylic acids is 1. The molecule has 1 unspecified atom stereocenters. The van der Waals surface area contributed by atoms with E-state index in [9.17, 15) is 9.90 Å². The number of carbonyl (C=O) groups is 1. The van der Waals surface area contributed by atoms with Gasteiger partial charge in [-0.15, -0.1) is 0 Å². The van der Waals surface area contributed by atoms with Crippen molar-refractivity contribution in [1.29, 1.82) is 0 Å². The number of allylic oxidation sites excluding steroid dienone is 4. The molecule has 1 aliphatic carbocycles. The Morgan fingerprint density at radius 2 is 2.27 bits per heavy atom. The Bertz CT molecular complexity index is 298. The molecule has 0 saturated heterocycles. The zero-order chi connectivity index (χ0) is 11.1. The smallest absolute Gasteiger partial charge is 0.181 e. The molecule has 1 rings (SSSR count). The van der Waals surface area contributed by atoms with Gasteiger partial charge in [-0.1, -0.05) is 31.2 Å². The molecule has 0 aromatic heterocycles. The van der Waals surface area contributed by atoms with Gasteiger partial charge >= 0.3 is 0 Å². The van der Waals surface area contributed by atoms with Crippen molar-refractivity contribution in [3.05, 3.63) is 36.0 Å². The molecule has 0 bridgehead atoms. The van der Waals surface area contributed by atoms with Crippen LogP contribution in [0.1, 0.15) is 32.6 Å². The van der Waals surface area contributed by atoms with E-state index in [0.717, 1.165) is 18.4 Å². The normalized spacial score (nSPS) is 20.7. The van der Waals surface area contributed by atoms with Crippen molar-refractivity contribution in [2.75, 3.05) is 0 Å². The van der Waals surface area contributed by atoms with E-state index in [0.29, 0.717) is 12.8 Å². The van der Waals surface area contributed by atoms with Crippen molar-refractivity contribution in [3.8, 4) is 0 Å². The summed E-state index contributed by atoms with van der Waals surface area (Å²) in [5.41, 5.74) is 0.813. The molecule has 1 atom stereocenters. The molecule has 0 radical (unpaired) electrons. The molecule has 2 heteroatoms. The monoisotopic (exact) mass is 206 g/mol. The number of aliphatic hydroxyl groups excluding tert-OH is 1. The first kappa shape index (κ1) is 11.9. The van der Waals surface area contributed by atoms with Crippen LogP contribution in [0.3, 0.4) is 0 Å². The van der Waals surface area contributed by atoms with Gasteiger partial charge in [0.25, 0.3) is 0 Å². The molecule has 2 nitrogen and oxygen atoms in total. The highest BCUT2D eigenvalue weighted by Crippen LogP contribution is 2.14. The highest BCUT2D eigenvalue weighted by molar-refractivity contribution is 6.06. The first-order valence-corrected chi connectivity index (χ1v) is 5.47. The van der Waals surface area contributed by atoms with Gasteiger partial charge in [0.2, 0.25) is 0 Å². The predicted octanol–water partition coefficient (Wildman–Crippen LogP) is 2.55. The average molecular weight is 206 g/mol. The average Bonchev–Trinajstić information content (AvgIpc) is 2.61. The lowest BCUT2D eigenvalue weighted by Crippen LogP contribution is -2.04. The van der Waals surface area contributed by atoms with Crippen LogP contribution in [-0.4, -0.2) is 17.0 Å². The fourth-order valence-electron chi connectivity index (χ4n) is 1.48. The van der Waals surface area contributed by atoms with Gasteiger partial charge in [0, 0.05) is 0 Å². The topological polar surface area (TPSA) is 37.3 Å². The SMILES string of the molecule is CC/C=C\CC(O)C/C=C1\CC=CC1=O. The van der Waals surface area contributed by atoms with E-state index in [4.69, 9.17) is 0 Å². The quantitative estimate of drug-likeness (QED) is 0.554. The van der Waals surface area contributed by atoms with Crippen molar-refractivity contribution in [2.45, 2.75) is 38.7 Å². The Morgan fingerprint density at radius 3 is 2.87 bits per heavy atom. The number of ketones is 1. The van der Waals surface area contributed by atoms with Gasteiger partial charge < -0.3 is 5.11 Å². The lowest BCUT2D eigenvalue weighted by Gasteiger charge is -2.04. The maximum absolute atomic E-state index is 11.2. The number of aliphatic hydroxyl groups is 1. The summed E-state index contributed by atoms with van der Waals surface area (Å²) in [4.78, 5) is 11.2. The molecule has 0 aromatic carbocycles. The van der Waals surface area contributed by atoms with Crippen molar-refractivity contribution in [3.63, 3.8) is 0 Å². The van der Waals surface area contributed by atoms with E-state index >= 15 is 0 Å². The van der Waals surface area contributed by atoms with Gasteiger partial charge in [0.15, 0.2) is 5.78 Å². The van der Waals surface area contributed by atoms with Crippen LogP contribution in [0, 0.1) is 0 Å². The largest absolute Gasteiger partial charge is 0.392 e. The minimum Gasteiger partial charge on any atom is -0.392 e. The maximum atomic E-state index is 11.2. The first-order chi connectivity index (χ1) is 7.24.